The number of hydrogen-bond donors (Lipinski definition) is 2. The molecular weight excluding hydrogens is 510 g/mol. The molecule has 4 heterocycles. The summed E-state index contributed by atoms with van der Waals surface area (Å²) in [6, 6.07) is 8.49. The van der Waals surface area contributed by atoms with E-state index in [0.29, 0.717) is 32.0 Å². The summed E-state index contributed by atoms with van der Waals surface area (Å²) in [7, 11) is 1.96. The average Bonchev–Trinajstić information content (AvgIpc) is 3.45. The number of hydrogen-bond acceptors (Lipinski definition) is 8. The second kappa shape index (κ2) is 10.2. The minimum absolute atomic E-state index is 0.0105. The molecule has 2 aromatic heterocycles. The number of nitrogens with zero attached hydrogens (tertiary/aromatic N) is 5. The minimum Gasteiger partial charge on any atom is -0.379 e. The van der Waals surface area contributed by atoms with Crippen LogP contribution < -0.4 is 15.5 Å². The number of aromatic nitrogens is 4. The van der Waals surface area contributed by atoms with Gasteiger partial charge in [-0.1, -0.05) is 0 Å². The number of benzene rings is 1. The Morgan fingerprint density at radius 2 is 2.00 bits per heavy atom. The van der Waals surface area contributed by atoms with Crippen LogP contribution >= 0.6 is 11.8 Å². The number of fused-ring (bicyclic) bond motifs is 1. The second-order valence-electron chi connectivity index (χ2n) is 11.4. The number of carbonyl (C=O) groups excluding carboxylic acids is 1. The molecule has 3 aliphatic rings. The predicted octanol–water partition coefficient (Wildman–Crippen LogP) is 4.07. The molecule has 1 saturated heterocycles. The average molecular weight is 548 g/mol. The van der Waals surface area contributed by atoms with Crippen molar-refractivity contribution >= 4 is 29.3 Å². The van der Waals surface area contributed by atoms with E-state index >= 15 is 0 Å². The number of thioether (sulfide) groups is 1. The number of nitrogens with one attached hydrogen (secondary N) is 2. The van der Waals surface area contributed by atoms with Gasteiger partial charge >= 0.3 is 0 Å². The van der Waals surface area contributed by atoms with Gasteiger partial charge in [0.25, 0.3) is 5.91 Å². The van der Waals surface area contributed by atoms with E-state index in [-0.39, 0.29) is 16.9 Å². The van der Waals surface area contributed by atoms with Gasteiger partial charge < -0.3 is 19.9 Å². The molecule has 6 rings (SSSR count). The first kappa shape index (κ1) is 26.3. The lowest BCUT2D eigenvalue weighted by molar-refractivity contribution is -0.0611. The van der Waals surface area contributed by atoms with Crippen LogP contribution in [0, 0.1) is 0 Å². The highest BCUT2D eigenvalue weighted by Gasteiger charge is 2.43. The highest BCUT2D eigenvalue weighted by Crippen LogP contribution is 2.40. The zero-order chi connectivity index (χ0) is 27.2. The number of amides is 1. The topological polar surface area (TPSA) is 97.2 Å². The molecule has 1 aliphatic carbocycles. The molecule has 2 N–H and O–H groups in total. The van der Waals surface area contributed by atoms with Crippen LogP contribution in [0.2, 0.25) is 0 Å². The third kappa shape index (κ3) is 4.83. The van der Waals surface area contributed by atoms with Crippen molar-refractivity contribution in [2.45, 2.75) is 68.5 Å². The van der Waals surface area contributed by atoms with Gasteiger partial charge in [-0.3, -0.25) is 9.69 Å². The molecule has 39 heavy (non-hydrogen) atoms. The number of ether oxygens (including phenoxy) is 1. The van der Waals surface area contributed by atoms with Crippen LogP contribution in [0.25, 0.3) is 0 Å². The first-order valence-electron chi connectivity index (χ1n) is 13.8. The van der Waals surface area contributed by atoms with E-state index in [1.54, 1.807) is 18.1 Å². The summed E-state index contributed by atoms with van der Waals surface area (Å²) in [5.74, 6) is 2.36. The molecule has 0 bridgehead atoms. The van der Waals surface area contributed by atoms with E-state index in [9.17, 15) is 4.79 Å². The zero-order valence-electron chi connectivity index (χ0n) is 23.2. The van der Waals surface area contributed by atoms with Crippen molar-refractivity contribution in [3.63, 3.8) is 0 Å². The van der Waals surface area contributed by atoms with Crippen LogP contribution in [-0.4, -0.2) is 57.2 Å². The van der Waals surface area contributed by atoms with Crippen molar-refractivity contribution < 1.29 is 9.53 Å². The third-order valence-electron chi connectivity index (χ3n) is 8.57. The molecule has 1 amide bonds. The van der Waals surface area contributed by atoms with Gasteiger partial charge in [-0.15, -0.1) is 22.0 Å². The van der Waals surface area contributed by atoms with Gasteiger partial charge in [0.1, 0.15) is 23.8 Å². The van der Waals surface area contributed by atoms with E-state index in [1.807, 2.05) is 16.5 Å². The molecule has 0 atom stereocenters. The van der Waals surface area contributed by atoms with Gasteiger partial charge in [-0.2, -0.15) is 0 Å². The molecule has 206 valence electrons. The molecule has 1 saturated carbocycles. The van der Waals surface area contributed by atoms with Crippen LogP contribution in [0.1, 0.15) is 66.0 Å². The van der Waals surface area contributed by atoms with E-state index in [0.717, 1.165) is 51.9 Å². The summed E-state index contributed by atoms with van der Waals surface area (Å²) in [5, 5.41) is 15.5. The Bertz CT molecular complexity index is 1400. The van der Waals surface area contributed by atoms with Crippen LogP contribution in [-0.2, 0) is 36.7 Å². The summed E-state index contributed by atoms with van der Waals surface area (Å²) in [5.41, 5.74) is 4.11. The van der Waals surface area contributed by atoms with Gasteiger partial charge in [0.05, 0.1) is 19.8 Å². The maximum Gasteiger partial charge on any atom is 0.260 e. The standard InChI is InChI=1S/C29H37N7O2S/c1-5-30-24-11-20(29(16-38-17-29)13-26-34-32-18-35(26)3)12-25(33-24)36-15-22-21(27(36)37)9-19(10-23(22)39-4)14-31-28(2)7-6-8-28/h9-12,18,31H,5-8,13-17H2,1-4H3,(H,30,33). The maximum atomic E-state index is 13.9. The maximum absolute atomic E-state index is 13.9. The molecule has 2 aliphatic heterocycles. The number of anilines is 2. The lowest BCUT2D eigenvalue weighted by Crippen LogP contribution is -2.49. The Labute approximate surface area is 234 Å². The van der Waals surface area contributed by atoms with Crippen molar-refractivity contribution in [3.8, 4) is 0 Å². The summed E-state index contributed by atoms with van der Waals surface area (Å²) < 4.78 is 7.69. The van der Waals surface area contributed by atoms with Crippen molar-refractivity contribution in [2.24, 2.45) is 7.05 Å². The fourth-order valence-corrected chi connectivity index (χ4v) is 6.51. The number of aryl methyl sites for hydroxylation is 1. The number of carbonyl (C=O) groups is 1. The highest BCUT2D eigenvalue weighted by atomic mass is 32.2. The first-order chi connectivity index (χ1) is 18.8. The minimum atomic E-state index is -0.237. The Kier molecular flexibility index (Phi) is 6.89. The Morgan fingerprint density at radius 1 is 1.18 bits per heavy atom. The van der Waals surface area contributed by atoms with Gasteiger partial charge in [-0.25, -0.2) is 4.98 Å². The Hall–Kier alpha value is -2.95. The van der Waals surface area contributed by atoms with E-state index < -0.39 is 0 Å². The smallest absolute Gasteiger partial charge is 0.260 e. The molecule has 3 aromatic rings. The van der Waals surface area contributed by atoms with Gasteiger partial charge in [0, 0.05) is 48.0 Å². The van der Waals surface area contributed by atoms with Crippen LogP contribution in [0.3, 0.4) is 0 Å². The van der Waals surface area contributed by atoms with Crippen molar-refractivity contribution in [1.82, 2.24) is 25.1 Å². The molecule has 1 aromatic carbocycles. The van der Waals surface area contributed by atoms with Crippen LogP contribution in [0.15, 0.2) is 35.5 Å². The summed E-state index contributed by atoms with van der Waals surface area (Å²) in [4.78, 5) is 21.8. The molecule has 0 unspecified atom stereocenters. The van der Waals surface area contributed by atoms with Crippen molar-refractivity contribution in [3.05, 3.63) is 58.7 Å². The zero-order valence-corrected chi connectivity index (χ0v) is 24.0. The predicted molar refractivity (Wildman–Crippen MR) is 153 cm³/mol. The quantitative estimate of drug-likeness (QED) is 0.367. The normalized spacial score (nSPS) is 19.0. The molecule has 9 nitrogen and oxygen atoms in total. The fraction of sp³-hybridized carbons (Fsp3) is 0.517. The van der Waals surface area contributed by atoms with E-state index in [4.69, 9.17) is 9.72 Å². The van der Waals surface area contributed by atoms with Crippen molar-refractivity contribution in [2.75, 3.05) is 36.2 Å². The first-order valence-corrected chi connectivity index (χ1v) is 15.0. The molecule has 0 spiro atoms. The second-order valence-corrected chi connectivity index (χ2v) is 12.3. The Balaban J connectivity index is 1.32. The fourth-order valence-electron chi connectivity index (χ4n) is 5.82. The monoisotopic (exact) mass is 547 g/mol. The molecule has 0 radical (unpaired) electrons. The summed E-state index contributed by atoms with van der Waals surface area (Å²) in [6.45, 7) is 7.55. The lowest BCUT2D eigenvalue weighted by Gasteiger charge is -2.42. The SMILES string of the molecule is CCNc1cc(C2(Cc3nncn3C)COC2)cc(N2Cc3c(SC)cc(CNC4(C)CCC4)cc3C2=O)n1. The van der Waals surface area contributed by atoms with Gasteiger partial charge in [-0.05, 0) is 80.3 Å². The molecule has 10 heteroatoms. The highest BCUT2D eigenvalue weighted by molar-refractivity contribution is 7.98. The van der Waals surface area contributed by atoms with Crippen molar-refractivity contribution in [1.29, 1.82) is 0 Å². The summed E-state index contributed by atoms with van der Waals surface area (Å²) in [6.07, 6.45) is 8.22. The largest absolute Gasteiger partial charge is 0.379 e. The Morgan fingerprint density at radius 3 is 2.62 bits per heavy atom. The molecular formula is C29H37N7O2S. The van der Waals surface area contributed by atoms with Crippen LogP contribution in [0.5, 0.6) is 0 Å². The van der Waals surface area contributed by atoms with E-state index in [1.165, 1.54) is 19.3 Å². The number of rotatable bonds is 10. The summed E-state index contributed by atoms with van der Waals surface area (Å²) >= 11 is 1.70. The van der Waals surface area contributed by atoms with Gasteiger partial charge in [0.2, 0.25) is 0 Å². The van der Waals surface area contributed by atoms with Crippen LogP contribution in [0.4, 0.5) is 11.6 Å². The van der Waals surface area contributed by atoms with E-state index in [2.05, 4.69) is 65.2 Å². The third-order valence-corrected chi connectivity index (χ3v) is 9.38. The van der Waals surface area contributed by atoms with Gasteiger partial charge in [0.15, 0.2) is 0 Å². The molecule has 2 fully saturated rings. The lowest BCUT2D eigenvalue weighted by atomic mass is 9.75. The number of pyridine rings is 1.